The Morgan fingerprint density at radius 1 is 0.969 bits per heavy atom. The van der Waals surface area contributed by atoms with Gasteiger partial charge in [-0.15, -0.1) is 0 Å². The summed E-state index contributed by atoms with van der Waals surface area (Å²) in [4.78, 5) is 20.6. The lowest BCUT2D eigenvalue weighted by molar-refractivity contribution is -0.137. The lowest BCUT2D eigenvalue weighted by Crippen LogP contribution is -2.23. The van der Waals surface area contributed by atoms with Crippen LogP contribution in [0.4, 0.5) is 17.6 Å². The highest BCUT2D eigenvalue weighted by Gasteiger charge is 2.30. The lowest BCUT2D eigenvalue weighted by atomic mass is 10.1. The number of nitrogens with zero attached hydrogens (tertiary/aromatic N) is 4. The van der Waals surface area contributed by atoms with Gasteiger partial charge in [0.25, 0.3) is 5.91 Å². The molecule has 3 aromatic heterocycles. The van der Waals surface area contributed by atoms with Crippen molar-refractivity contribution in [2.45, 2.75) is 12.7 Å². The molecular formula is C22H15F4N5O. The van der Waals surface area contributed by atoms with Gasteiger partial charge in [-0.05, 0) is 24.3 Å². The Bertz CT molecular complexity index is 1220. The van der Waals surface area contributed by atoms with Crippen LogP contribution >= 0.6 is 0 Å². The Hall–Kier alpha value is -4.08. The number of halogens is 4. The summed E-state index contributed by atoms with van der Waals surface area (Å²) >= 11 is 0. The summed E-state index contributed by atoms with van der Waals surface area (Å²) in [7, 11) is 0. The molecule has 3 heterocycles. The van der Waals surface area contributed by atoms with Gasteiger partial charge < -0.3 is 5.32 Å². The number of hydrogen-bond acceptors (Lipinski definition) is 4. The average Bonchev–Trinajstić information content (AvgIpc) is 3.24. The Morgan fingerprint density at radius 3 is 2.38 bits per heavy atom. The number of alkyl halides is 3. The Balaban J connectivity index is 1.59. The smallest absolute Gasteiger partial charge is 0.346 e. The minimum absolute atomic E-state index is 0.0782. The average molecular weight is 441 g/mol. The topological polar surface area (TPSA) is 72.7 Å². The summed E-state index contributed by atoms with van der Waals surface area (Å²) in [6.45, 7) is -0.0782. The molecule has 162 valence electrons. The van der Waals surface area contributed by atoms with Gasteiger partial charge in [0.2, 0.25) is 0 Å². The Labute approximate surface area is 179 Å². The van der Waals surface area contributed by atoms with Crippen molar-refractivity contribution in [1.82, 2.24) is 25.1 Å². The van der Waals surface area contributed by atoms with Crippen LogP contribution in [0.5, 0.6) is 0 Å². The standard InChI is InChI=1S/C22H15F4N5O/c23-16-7-9-19(28-11-16)31-13-18(20(30-31)14-4-2-1-3-5-14)21(32)29-12-17-8-6-15(10-27-17)22(24,25)26/h1-11,13H,12H2,(H,29,32). The molecule has 0 aliphatic rings. The van der Waals surface area contributed by atoms with Crippen LogP contribution < -0.4 is 5.32 Å². The van der Waals surface area contributed by atoms with E-state index in [1.54, 1.807) is 24.3 Å². The van der Waals surface area contributed by atoms with E-state index in [4.69, 9.17) is 0 Å². The van der Waals surface area contributed by atoms with Gasteiger partial charge in [-0.25, -0.2) is 14.1 Å². The predicted molar refractivity (Wildman–Crippen MR) is 107 cm³/mol. The summed E-state index contributed by atoms with van der Waals surface area (Å²) in [6.07, 6.45) is -1.27. The van der Waals surface area contributed by atoms with Crippen LogP contribution in [0.3, 0.4) is 0 Å². The summed E-state index contributed by atoms with van der Waals surface area (Å²) in [5.74, 6) is -0.697. The third kappa shape index (κ3) is 4.64. The number of nitrogens with one attached hydrogen (secondary N) is 1. The molecule has 6 nitrogen and oxygen atoms in total. The fraction of sp³-hybridized carbons (Fsp3) is 0.0909. The van der Waals surface area contributed by atoms with Crippen molar-refractivity contribution in [2.75, 3.05) is 0 Å². The molecule has 0 saturated heterocycles. The lowest BCUT2D eigenvalue weighted by Gasteiger charge is -2.08. The van der Waals surface area contributed by atoms with E-state index in [-0.39, 0.29) is 17.8 Å². The summed E-state index contributed by atoms with van der Waals surface area (Å²) in [6, 6.07) is 13.7. The number of carbonyl (C=O) groups is 1. The molecule has 10 heteroatoms. The van der Waals surface area contributed by atoms with Crippen molar-refractivity contribution in [2.24, 2.45) is 0 Å². The molecule has 0 saturated carbocycles. The normalized spacial score (nSPS) is 11.4. The first-order chi connectivity index (χ1) is 15.3. The van der Waals surface area contributed by atoms with Crippen molar-refractivity contribution in [1.29, 1.82) is 0 Å². The van der Waals surface area contributed by atoms with E-state index in [0.29, 0.717) is 17.1 Å². The van der Waals surface area contributed by atoms with Gasteiger partial charge in [0.05, 0.1) is 29.6 Å². The highest BCUT2D eigenvalue weighted by atomic mass is 19.4. The largest absolute Gasteiger partial charge is 0.417 e. The van der Waals surface area contributed by atoms with Crippen LogP contribution in [0.2, 0.25) is 0 Å². The highest BCUT2D eigenvalue weighted by Crippen LogP contribution is 2.28. The zero-order chi connectivity index (χ0) is 22.7. The van der Waals surface area contributed by atoms with Crippen LogP contribution in [-0.2, 0) is 12.7 Å². The number of rotatable bonds is 5. The van der Waals surface area contributed by atoms with Gasteiger partial charge in [-0.3, -0.25) is 9.78 Å². The maximum absolute atomic E-state index is 13.2. The van der Waals surface area contributed by atoms with Crippen LogP contribution in [-0.4, -0.2) is 25.7 Å². The molecule has 1 amide bonds. The maximum Gasteiger partial charge on any atom is 0.417 e. The van der Waals surface area contributed by atoms with Gasteiger partial charge in [0.15, 0.2) is 5.82 Å². The van der Waals surface area contributed by atoms with E-state index in [9.17, 15) is 22.4 Å². The number of carbonyl (C=O) groups excluding carboxylic acids is 1. The minimum Gasteiger partial charge on any atom is -0.346 e. The third-order valence-electron chi connectivity index (χ3n) is 4.53. The van der Waals surface area contributed by atoms with Crippen molar-refractivity contribution >= 4 is 5.91 Å². The molecule has 0 unspecified atom stereocenters. The fourth-order valence-electron chi connectivity index (χ4n) is 2.93. The minimum atomic E-state index is -4.48. The Morgan fingerprint density at radius 2 is 1.75 bits per heavy atom. The second-order valence-electron chi connectivity index (χ2n) is 6.76. The molecular weight excluding hydrogens is 426 g/mol. The number of aromatic nitrogens is 4. The van der Waals surface area contributed by atoms with E-state index in [1.165, 1.54) is 29.1 Å². The maximum atomic E-state index is 13.2. The molecule has 0 aliphatic heterocycles. The van der Waals surface area contributed by atoms with Gasteiger partial charge in [0, 0.05) is 18.0 Å². The number of amides is 1. The molecule has 0 spiro atoms. The third-order valence-corrected chi connectivity index (χ3v) is 4.53. The van der Waals surface area contributed by atoms with Crippen molar-refractivity contribution in [3.8, 4) is 17.1 Å². The van der Waals surface area contributed by atoms with Gasteiger partial charge in [-0.2, -0.15) is 18.3 Å². The molecule has 4 rings (SSSR count). The van der Waals surface area contributed by atoms with Crippen molar-refractivity contribution < 1.29 is 22.4 Å². The SMILES string of the molecule is O=C(NCc1ccc(C(F)(F)F)cn1)c1cn(-c2ccc(F)cn2)nc1-c1ccccc1. The second kappa shape index (κ2) is 8.58. The van der Waals surface area contributed by atoms with Crippen molar-refractivity contribution in [3.05, 3.63) is 95.8 Å². The van der Waals surface area contributed by atoms with E-state index in [2.05, 4.69) is 20.4 Å². The molecule has 4 aromatic rings. The highest BCUT2D eigenvalue weighted by molar-refractivity contribution is 5.99. The van der Waals surface area contributed by atoms with E-state index >= 15 is 0 Å². The summed E-state index contributed by atoms with van der Waals surface area (Å²) < 4.78 is 52.6. The van der Waals surface area contributed by atoms with Crippen molar-refractivity contribution in [3.63, 3.8) is 0 Å². The Kier molecular flexibility index (Phi) is 5.67. The van der Waals surface area contributed by atoms with E-state index in [0.717, 1.165) is 18.5 Å². The molecule has 32 heavy (non-hydrogen) atoms. The second-order valence-corrected chi connectivity index (χ2v) is 6.76. The van der Waals surface area contributed by atoms with Gasteiger partial charge in [-0.1, -0.05) is 30.3 Å². The zero-order valence-electron chi connectivity index (χ0n) is 16.3. The van der Waals surface area contributed by atoms with Crippen LogP contribution in [0.25, 0.3) is 17.1 Å². The number of pyridine rings is 2. The quantitative estimate of drug-likeness (QED) is 0.466. The fourth-order valence-corrected chi connectivity index (χ4v) is 2.93. The van der Waals surface area contributed by atoms with Crippen LogP contribution in [0.1, 0.15) is 21.6 Å². The molecule has 0 aliphatic carbocycles. The molecule has 1 N–H and O–H groups in total. The summed E-state index contributed by atoms with van der Waals surface area (Å²) in [5, 5.41) is 7.07. The number of benzene rings is 1. The van der Waals surface area contributed by atoms with Gasteiger partial charge >= 0.3 is 6.18 Å². The molecule has 1 aromatic carbocycles. The molecule has 0 fully saturated rings. The molecule has 0 atom stereocenters. The first kappa shape index (κ1) is 21.2. The van der Waals surface area contributed by atoms with Crippen LogP contribution in [0, 0.1) is 5.82 Å². The molecule has 0 radical (unpaired) electrons. The monoisotopic (exact) mass is 441 g/mol. The zero-order valence-corrected chi connectivity index (χ0v) is 16.3. The first-order valence-electron chi connectivity index (χ1n) is 9.38. The van der Waals surface area contributed by atoms with E-state index in [1.807, 2.05) is 6.07 Å². The van der Waals surface area contributed by atoms with Gasteiger partial charge in [0.1, 0.15) is 11.5 Å². The molecule has 0 bridgehead atoms. The number of hydrogen-bond donors (Lipinski definition) is 1. The summed E-state index contributed by atoms with van der Waals surface area (Å²) in [5.41, 5.74) is 0.655. The van der Waals surface area contributed by atoms with E-state index < -0.39 is 23.5 Å². The predicted octanol–water partition coefficient (Wildman–Crippen LogP) is 4.42. The van der Waals surface area contributed by atoms with Crippen LogP contribution in [0.15, 0.2) is 73.2 Å². The first-order valence-corrected chi connectivity index (χ1v) is 9.38.